The summed E-state index contributed by atoms with van der Waals surface area (Å²) in [6.07, 6.45) is 3.95. The molecule has 108 valence electrons. The van der Waals surface area contributed by atoms with Crippen molar-refractivity contribution in [3.63, 3.8) is 0 Å². The van der Waals surface area contributed by atoms with Gasteiger partial charge in [0.15, 0.2) is 0 Å². The van der Waals surface area contributed by atoms with Gasteiger partial charge < -0.3 is 14.8 Å². The molecule has 0 aromatic heterocycles. The topological polar surface area (TPSA) is 47.6 Å². The third-order valence-corrected chi connectivity index (χ3v) is 2.75. The lowest BCUT2D eigenvalue weighted by molar-refractivity contribution is -0.143. The van der Waals surface area contributed by atoms with Crippen LogP contribution < -0.4 is 5.32 Å². The summed E-state index contributed by atoms with van der Waals surface area (Å²) >= 11 is 0. The van der Waals surface area contributed by atoms with Gasteiger partial charge in [-0.25, -0.2) is 0 Å². The standard InChI is InChI=1S/C14H29NO3/c1-5-9-15-13(14(16)17-4)8-11-18-10-6-7-12(2)3/h12-13,15H,5-11H2,1-4H3. The van der Waals surface area contributed by atoms with Gasteiger partial charge in [-0.2, -0.15) is 0 Å². The fourth-order valence-electron chi connectivity index (χ4n) is 1.66. The van der Waals surface area contributed by atoms with Gasteiger partial charge in [-0.1, -0.05) is 20.8 Å². The minimum Gasteiger partial charge on any atom is -0.468 e. The summed E-state index contributed by atoms with van der Waals surface area (Å²) in [5.74, 6) is 0.525. The van der Waals surface area contributed by atoms with Gasteiger partial charge in [0.25, 0.3) is 0 Å². The van der Waals surface area contributed by atoms with Crippen LogP contribution in [-0.4, -0.2) is 38.9 Å². The van der Waals surface area contributed by atoms with Gasteiger partial charge in [-0.3, -0.25) is 4.79 Å². The van der Waals surface area contributed by atoms with E-state index in [2.05, 4.69) is 26.1 Å². The molecule has 18 heavy (non-hydrogen) atoms. The van der Waals surface area contributed by atoms with Crippen molar-refractivity contribution in [2.75, 3.05) is 26.9 Å². The number of hydrogen-bond donors (Lipinski definition) is 1. The van der Waals surface area contributed by atoms with Gasteiger partial charge in [-0.15, -0.1) is 0 Å². The van der Waals surface area contributed by atoms with Crippen LogP contribution in [-0.2, 0) is 14.3 Å². The summed E-state index contributed by atoms with van der Waals surface area (Å²) < 4.78 is 10.3. The molecule has 1 unspecified atom stereocenters. The van der Waals surface area contributed by atoms with Gasteiger partial charge in [0.1, 0.15) is 6.04 Å². The Morgan fingerprint density at radius 2 is 1.94 bits per heavy atom. The largest absolute Gasteiger partial charge is 0.468 e. The molecule has 0 aromatic carbocycles. The Morgan fingerprint density at radius 3 is 2.50 bits per heavy atom. The number of esters is 1. The number of ether oxygens (including phenoxy) is 2. The number of carbonyl (C=O) groups is 1. The van der Waals surface area contributed by atoms with Gasteiger partial charge >= 0.3 is 5.97 Å². The molecule has 0 aliphatic heterocycles. The van der Waals surface area contributed by atoms with E-state index in [9.17, 15) is 4.79 Å². The van der Waals surface area contributed by atoms with Gasteiger partial charge in [0.05, 0.1) is 7.11 Å². The monoisotopic (exact) mass is 259 g/mol. The summed E-state index contributed by atoms with van der Waals surface area (Å²) in [5, 5.41) is 3.17. The van der Waals surface area contributed by atoms with E-state index in [4.69, 9.17) is 9.47 Å². The molecule has 0 fully saturated rings. The Bertz CT molecular complexity index is 207. The van der Waals surface area contributed by atoms with Crippen LogP contribution in [0.15, 0.2) is 0 Å². The second-order valence-corrected chi connectivity index (χ2v) is 4.97. The van der Waals surface area contributed by atoms with E-state index in [1.165, 1.54) is 13.5 Å². The fraction of sp³-hybridized carbons (Fsp3) is 0.929. The zero-order valence-corrected chi connectivity index (χ0v) is 12.3. The third-order valence-electron chi connectivity index (χ3n) is 2.75. The smallest absolute Gasteiger partial charge is 0.322 e. The van der Waals surface area contributed by atoms with Crippen molar-refractivity contribution < 1.29 is 14.3 Å². The Kier molecular flexibility index (Phi) is 11.1. The number of hydrogen-bond acceptors (Lipinski definition) is 4. The van der Waals surface area contributed by atoms with E-state index in [1.54, 1.807) is 0 Å². The molecule has 0 radical (unpaired) electrons. The molecule has 0 rings (SSSR count). The van der Waals surface area contributed by atoms with Crippen LogP contribution >= 0.6 is 0 Å². The highest BCUT2D eigenvalue weighted by Crippen LogP contribution is 2.04. The van der Waals surface area contributed by atoms with Crippen molar-refractivity contribution in [1.82, 2.24) is 5.32 Å². The molecule has 4 nitrogen and oxygen atoms in total. The maximum atomic E-state index is 11.5. The quantitative estimate of drug-likeness (QED) is 0.457. The molecular weight excluding hydrogens is 230 g/mol. The molecule has 0 saturated carbocycles. The lowest BCUT2D eigenvalue weighted by atomic mass is 10.1. The number of rotatable bonds is 11. The maximum absolute atomic E-state index is 11.5. The van der Waals surface area contributed by atoms with Crippen LogP contribution in [0.3, 0.4) is 0 Å². The summed E-state index contributed by atoms with van der Waals surface area (Å²) in [6, 6.07) is -0.236. The normalized spacial score (nSPS) is 12.7. The van der Waals surface area contributed by atoms with E-state index in [0.29, 0.717) is 13.0 Å². The van der Waals surface area contributed by atoms with Crippen molar-refractivity contribution in [2.45, 2.75) is 52.5 Å². The molecule has 0 bridgehead atoms. The Labute approximate surface area is 111 Å². The summed E-state index contributed by atoms with van der Waals surface area (Å²) in [7, 11) is 1.42. The highest BCUT2D eigenvalue weighted by atomic mass is 16.5. The first kappa shape index (κ1) is 17.4. The Balaban J connectivity index is 3.65. The molecule has 0 heterocycles. The van der Waals surface area contributed by atoms with Crippen molar-refractivity contribution in [3.05, 3.63) is 0 Å². The van der Waals surface area contributed by atoms with Crippen LogP contribution in [0.25, 0.3) is 0 Å². The van der Waals surface area contributed by atoms with Crippen LogP contribution in [0.1, 0.15) is 46.5 Å². The van der Waals surface area contributed by atoms with Crippen molar-refractivity contribution in [2.24, 2.45) is 5.92 Å². The molecule has 1 N–H and O–H groups in total. The van der Waals surface area contributed by atoms with E-state index >= 15 is 0 Å². The second kappa shape index (κ2) is 11.5. The highest BCUT2D eigenvalue weighted by Gasteiger charge is 2.17. The minimum atomic E-state index is -0.236. The first-order chi connectivity index (χ1) is 8.61. The van der Waals surface area contributed by atoms with Crippen LogP contribution in [0, 0.1) is 5.92 Å². The molecule has 0 amide bonds. The number of carbonyl (C=O) groups excluding carboxylic acids is 1. The summed E-state index contributed by atoms with van der Waals surface area (Å²) in [4.78, 5) is 11.5. The molecular formula is C14H29NO3. The predicted octanol–water partition coefficient (Wildman–Crippen LogP) is 2.37. The second-order valence-electron chi connectivity index (χ2n) is 4.97. The molecule has 4 heteroatoms. The average molecular weight is 259 g/mol. The summed E-state index contributed by atoms with van der Waals surface area (Å²) in [6.45, 7) is 8.70. The van der Waals surface area contributed by atoms with Crippen LogP contribution in [0.4, 0.5) is 0 Å². The molecule has 0 aliphatic carbocycles. The first-order valence-corrected chi connectivity index (χ1v) is 7.00. The van der Waals surface area contributed by atoms with Gasteiger partial charge in [0.2, 0.25) is 0 Å². The maximum Gasteiger partial charge on any atom is 0.322 e. The first-order valence-electron chi connectivity index (χ1n) is 7.00. The Hall–Kier alpha value is -0.610. The molecule has 1 atom stereocenters. The molecule has 0 aliphatic rings. The van der Waals surface area contributed by atoms with Crippen molar-refractivity contribution >= 4 is 5.97 Å². The highest BCUT2D eigenvalue weighted by molar-refractivity contribution is 5.75. The van der Waals surface area contributed by atoms with Gasteiger partial charge in [-0.05, 0) is 38.1 Å². The fourth-order valence-corrected chi connectivity index (χ4v) is 1.66. The van der Waals surface area contributed by atoms with E-state index < -0.39 is 0 Å². The van der Waals surface area contributed by atoms with E-state index in [1.807, 2.05) is 0 Å². The third kappa shape index (κ3) is 9.42. The predicted molar refractivity (Wildman–Crippen MR) is 73.6 cm³/mol. The van der Waals surface area contributed by atoms with Crippen LogP contribution in [0.2, 0.25) is 0 Å². The Morgan fingerprint density at radius 1 is 1.22 bits per heavy atom. The van der Waals surface area contributed by atoms with E-state index in [-0.39, 0.29) is 12.0 Å². The lowest BCUT2D eigenvalue weighted by Crippen LogP contribution is -2.39. The summed E-state index contributed by atoms with van der Waals surface area (Å²) in [5.41, 5.74) is 0. The van der Waals surface area contributed by atoms with Crippen molar-refractivity contribution in [1.29, 1.82) is 0 Å². The minimum absolute atomic E-state index is 0.200. The lowest BCUT2D eigenvalue weighted by Gasteiger charge is -2.16. The molecule has 0 aromatic rings. The molecule has 0 spiro atoms. The zero-order chi connectivity index (χ0) is 13.8. The number of nitrogens with one attached hydrogen (secondary N) is 1. The molecule has 0 saturated heterocycles. The SMILES string of the molecule is CCCNC(CCOCCCC(C)C)C(=O)OC. The average Bonchev–Trinajstić information content (AvgIpc) is 2.35. The zero-order valence-electron chi connectivity index (χ0n) is 12.3. The van der Waals surface area contributed by atoms with Gasteiger partial charge in [0, 0.05) is 13.2 Å². The van der Waals surface area contributed by atoms with E-state index in [0.717, 1.165) is 31.9 Å². The van der Waals surface area contributed by atoms with Crippen LogP contribution in [0.5, 0.6) is 0 Å². The van der Waals surface area contributed by atoms with Crippen molar-refractivity contribution in [3.8, 4) is 0 Å². The number of methoxy groups -OCH3 is 1.